The lowest BCUT2D eigenvalue weighted by Crippen LogP contribution is -2.40. The van der Waals surface area contributed by atoms with E-state index in [2.05, 4.69) is 31.7 Å². The second-order valence-corrected chi connectivity index (χ2v) is 7.86. The molecule has 24 heavy (non-hydrogen) atoms. The van der Waals surface area contributed by atoms with E-state index in [1.165, 1.54) is 57.1 Å². The molecule has 2 atom stereocenters. The molecular weight excluding hydrogens is 300 g/mol. The molecule has 2 aliphatic heterocycles. The van der Waals surface area contributed by atoms with Gasteiger partial charge in [0.1, 0.15) is 24.2 Å². The van der Waals surface area contributed by atoms with E-state index in [9.17, 15) is 0 Å². The predicted octanol–water partition coefficient (Wildman–Crippen LogP) is 3.73. The van der Waals surface area contributed by atoms with Crippen LogP contribution in [-0.2, 0) is 0 Å². The van der Waals surface area contributed by atoms with Crippen molar-refractivity contribution in [1.82, 2.24) is 15.3 Å². The lowest BCUT2D eigenvalue weighted by Gasteiger charge is -2.35. The predicted molar refractivity (Wildman–Crippen MR) is 93.3 cm³/mol. The molecule has 6 heteroatoms. The highest BCUT2D eigenvalue weighted by Crippen LogP contribution is 2.45. The van der Waals surface area contributed by atoms with Crippen molar-refractivity contribution in [3.63, 3.8) is 0 Å². The third kappa shape index (κ3) is 2.48. The van der Waals surface area contributed by atoms with Gasteiger partial charge in [0.25, 0.3) is 0 Å². The number of nitrogens with one attached hydrogen (secondary N) is 2. The number of aromatic nitrogens is 1. The molecule has 2 fully saturated rings. The molecule has 2 unspecified atom stereocenters. The topological polar surface area (TPSA) is 68.1 Å². The second kappa shape index (κ2) is 5.99. The Morgan fingerprint density at radius 3 is 2.83 bits per heavy atom. The van der Waals surface area contributed by atoms with Crippen LogP contribution in [0.1, 0.15) is 56.6 Å². The fourth-order valence-electron chi connectivity index (χ4n) is 4.69. The van der Waals surface area contributed by atoms with Gasteiger partial charge < -0.3 is 10.3 Å². The van der Waals surface area contributed by atoms with Crippen LogP contribution in [0.5, 0.6) is 0 Å². The Morgan fingerprint density at radius 2 is 2.04 bits per heavy atom. The minimum absolute atomic E-state index is 0.249. The minimum atomic E-state index is 0.249. The molecule has 1 aromatic heterocycles. The summed E-state index contributed by atoms with van der Waals surface area (Å²) in [7, 11) is 0. The molecule has 2 N–H and O–H groups in total. The lowest BCUT2D eigenvalue weighted by atomic mass is 9.75. The molecular formula is C18H26N6. The Balaban J connectivity index is 1.21. The van der Waals surface area contributed by atoms with Gasteiger partial charge in [0.2, 0.25) is 0 Å². The SMILES string of the molecule is C1=Nc2[nH]ccc2C2C(C3CCC(CNC4CCC4)CC3)N=NN12. The smallest absolute Gasteiger partial charge is 0.137 e. The number of aliphatic imine (C=N–C) groups is 1. The van der Waals surface area contributed by atoms with Gasteiger partial charge in [0.15, 0.2) is 0 Å². The van der Waals surface area contributed by atoms with Gasteiger partial charge in [-0.1, -0.05) is 11.6 Å². The van der Waals surface area contributed by atoms with Crippen LogP contribution in [-0.4, -0.2) is 35.0 Å². The zero-order chi connectivity index (χ0) is 15.9. The molecule has 0 spiro atoms. The van der Waals surface area contributed by atoms with E-state index in [0.717, 1.165) is 17.8 Å². The van der Waals surface area contributed by atoms with Gasteiger partial charge in [0.05, 0.1) is 0 Å². The van der Waals surface area contributed by atoms with E-state index < -0.39 is 0 Å². The van der Waals surface area contributed by atoms with Crippen molar-refractivity contribution in [2.45, 2.75) is 63.1 Å². The molecule has 2 aliphatic carbocycles. The fourth-order valence-corrected chi connectivity index (χ4v) is 4.69. The monoisotopic (exact) mass is 326 g/mol. The molecule has 1 aromatic rings. The molecule has 5 rings (SSSR count). The summed E-state index contributed by atoms with van der Waals surface area (Å²) < 4.78 is 0. The van der Waals surface area contributed by atoms with Gasteiger partial charge >= 0.3 is 0 Å². The molecule has 128 valence electrons. The van der Waals surface area contributed by atoms with Crippen LogP contribution in [0.2, 0.25) is 0 Å². The van der Waals surface area contributed by atoms with Crippen LogP contribution in [0.3, 0.4) is 0 Å². The first-order valence-electron chi connectivity index (χ1n) is 9.52. The van der Waals surface area contributed by atoms with Crippen molar-refractivity contribution in [2.24, 2.45) is 27.2 Å². The Morgan fingerprint density at radius 1 is 1.17 bits per heavy atom. The van der Waals surface area contributed by atoms with Gasteiger partial charge in [-0.05, 0) is 63.0 Å². The molecule has 6 nitrogen and oxygen atoms in total. The van der Waals surface area contributed by atoms with E-state index in [1.54, 1.807) is 0 Å². The molecule has 0 amide bonds. The van der Waals surface area contributed by atoms with Crippen molar-refractivity contribution < 1.29 is 0 Å². The summed E-state index contributed by atoms with van der Waals surface area (Å²) in [5.41, 5.74) is 1.25. The van der Waals surface area contributed by atoms with Gasteiger partial charge in [0, 0.05) is 17.8 Å². The van der Waals surface area contributed by atoms with Gasteiger partial charge in [-0.15, -0.1) is 0 Å². The Hall–Kier alpha value is -1.69. The van der Waals surface area contributed by atoms with Crippen LogP contribution in [0, 0.1) is 11.8 Å². The first kappa shape index (κ1) is 14.6. The number of nitrogens with zero attached hydrogens (tertiary/aromatic N) is 4. The maximum absolute atomic E-state index is 4.63. The summed E-state index contributed by atoms with van der Waals surface area (Å²) in [6, 6.07) is 3.49. The van der Waals surface area contributed by atoms with Crippen molar-refractivity contribution >= 4 is 12.2 Å². The molecule has 0 bridgehead atoms. The zero-order valence-corrected chi connectivity index (χ0v) is 14.1. The van der Waals surface area contributed by atoms with E-state index in [4.69, 9.17) is 0 Å². The number of hydrogen-bond acceptors (Lipinski definition) is 5. The summed E-state index contributed by atoms with van der Waals surface area (Å²) in [6.45, 7) is 1.22. The van der Waals surface area contributed by atoms with Gasteiger partial charge in [-0.25, -0.2) is 10.0 Å². The van der Waals surface area contributed by atoms with E-state index >= 15 is 0 Å². The average Bonchev–Trinajstić information content (AvgIpc) is 3.20. The molecule has 0 saturated heterocycles. The third-order valence-corrected chi connectivity index (χ3v) is 6.45. The maximum atomic E-state index is 4.63. The second-order valence-electron chi connectivity index (χ2n) is 7.86. The lowest BCUT2D eigenvalue weighted by molar-refractivity contribution is 0.199. The largest absolute Gasteiger partial charge is 0.346 e. The Kier molecular flexibility index (Phi) is 3.65. The highest BCUT2D eigenvalue weighted by molar-refractivity contribution is 5.66. The number of hydrogen-bond donors (Lipinski definition) is 2. The average molecular weight is 326 g/mol. The molecule has 2 saturated carbocycles. The summed E-state index contributed by atoms with van der Waals surface area (Å²) in [6.07, 6.45) is 13.2. The zero-order valence-electron chi connectivity index (χ0n) is 14.1. The Labute approximate surface area is 142 Å². The van der Waals surface area contributed by atoms with Crippen LogP contribution < -0.4 is 5.32 Å². The van der Waals surface area contributed by atoms with E-state index in [-0.39, 0.29) is 12.1 Å². The number of fused-ring (bicyclic) bond motifs is 3. The van der Waals surface area contributed by atoms with Crippen molar-refractivity contribution in [3.05, 3.63) is 17.8 Å². The van der Waals surface area contributed by atoms with Crippen LogP contribution >= 0.6 is 0 Å². The normalized spacial score (nSPS) is 34.9. The van der Waals surface area contributed by atoms with Crippen molar-refractivity contribution in [1.29, 1.82) is 0 Å². The number of H-pyrrole nitrogens is 1. The van der Waals surface area contributed by atoms with Crippen LogP contribution in [0.25, 0.3) is 0 Å². The summed E-state index contributed by atoms with van der Waals surface area (Å²) in [5, 5.41) is 14.7. The summed E-state index contributed by atoms with van der Waals surface area (Å²) in [5.74, 6) is 2.48. The van der Waals surface area contributed by atoms with Gasteiger partial charge in [-0.2, -0.15) is 5.11 Å². The molecule has 0 aromatic carbocycles. The highest BCUT2D eigenvalue weighted by atomic mass is 15.6. The maximum Gasteiger partial charge on any atom is 0.137 e. The van der Waals surface area contributed by atoms with Crippen LogP contribution in [0.15, 0.2) is 27.6 Å². The van der Waals surface area contributed by atoms with Gasteiger partial charge in [-0.3, -0.25) is 0 Å². The first-order valence-corrected chi connectivity index (χ1v) is 9.52. The standard InChI is InChI=1S/C18H26N6/c1-2-14(3-1)20-10-12-4-6-13(7-5-12)16-17-15-8-9-19-18(15)21-11-24(17)23-22-16/h8-9,11-14,16-17,19-20H,1-7,10H2. The van der Waals surface area contributed by atoms with Crippen molar-refractivity contribution in [2.75, 3.05) is 6.54 Å². The minimum Gasteiger partial charge on any atom is -0.346 e. The van der Waals surface area contributed by atoms with Crippen molar-refractivity contribution in [3.8, 4) is 0 Å². The van der Waals surface area contributed by atoms with E-state index in [1.807, 2.05) is 17.5 Å². The van der Waals surface area contributed by atoms with Crippen LogP contribution in [0.4, 0.5) is 5.82 Å². The molecule has 0 radical (unpaired) electrons. The number of aromatic amines is 1. The first-order chi connectivity index (χ1) is 11.9. The number of rotatable bonds is 4. The van der Waals surface area contributed by atoms with E-state index in [0.29, 0.717) is 5.92 Å². The quantitative estimate of drug-likeness (QED) is 0.885. The highest BCUT2D eigenvalue weighted by Gasteiger charge is 2.42. The fraction of sp³-hybridized carbons (Fsp3) is 0.722. The Bertz CT molecular complexity index is 638. The molecule has 4 aliphatic rings. The summed E-state index contributed by atoms with van der Waals surface area (Å²) in [4.78, 5) is 7.65. The third-order valence-electron chi connectivity index (χ3n) is 6.45. The summed E-state index contributed by atoms with van der Waals surface area (Å²) >= 11 is 0. The molecule has 3 heterocycles.